The molecule has 3 heterocycles. The topological polar surface area (TPSA) is 148 Å². The van der Waals surface area contributed by atoms with Gasteiger partial charge in [0.1, 0.15) is 29.6 Å². The number of aromatic amines is 1. The van der Waals surface area contributed by atoms with Gasteiger partial charge in [0.25, 0.3) is 0 Å². The van der Waals surface area contributed by atoms with Crippen LogP contribution < -0.4 is 10.7 Å². The molecular weight excluding hydrogens is 341 g/mol. The first-order chi connectivity index (χ1) is 11.2. The summed E-state index contributed by atoms with van der Waals surface area (Å²) >= 11 is 0. The molecule has 24 heavy (non-hydrogen) atoms. The van der Waals surface area contributed by atoms with Crippen LogP contribution in [-0.2, 0) is 13.8 Å². The Morgan fingerprint density at radius 3 is 2.83 bits per heavy atom. The van der Waals surface area contributed by atoms with E-state index in [1.165, 1.54) is 4.90 Å². The molecule has 1 saturated heterocycles. The molecule has 1 fully saturated rings. The predicted octanol–water partition coefficient (Wildman–Crippen LogP) is -1.98. The van der Waals surface area contributed by atoms with Gasteiger partial charge in [0.15, 0.2) is 6.23 Å². The third-order valence-electron chi connectivity index (χ3n) is 3.80. The summed E-state index contributed by atoms with van der Waals surface area (Å²) in [6, 6.07) is 1.85. The quantitative estimate of drug-likeness (QED) is 0.389. The molecule has 1 aromatic heterocycles. The third kappa shape index (κ3) is 3.31. The Morgan fingerprint density at radius 1 is 1.46 bits per heavy atom. The number of aliphatic hydroxyl groups excluding tert-OH is 2. The van der Waals surface area contributed by atoms with E-state index in [-0.39, 0.29) is 5.82 Å². The van der Waals surface area contributed by atoms with E-state index < -0.39 is 39.0 Å². The van der Waals surface area contributed by atoms with Crippen molar-refractivity contribution in [2.45, 2.75) is 31.5 Å². The first-order valence-electron chi connectivity index (χ1n) is 7.11. The number of ether oxygens (including phenoxy) is 1. The Morgan fingerprint density at radius 2 is 2.17 bits per heavy atom. The number of nitrogens with one attached hydrogen (secondary N) is 1. The lowest BCUT2D eigenvalue weighted by atomic mass is 10.1. The second-order valence-corrected chi connectivity index (χ2v) is 6.89. The molecule has 0 aromatic carbocycles. The maximum atomic E-state index is 10.8. The van der Waals surface area contributed by atoms with E-state index in [0.717, 1.165) is 10.9 Å². The zero-order valence-corrected chi connectivity index (χ0v) is 13.6. The molecule has 2 aliphatic rings. The monoisotopic (exact) mass is 359 g/mol. The van der Waals surface area contributed by atoms with Gasteiger partial charge in [0.05, 0.1) is 6.61 Å². The molecule has 10 nitrogen and oxygen atoms in total. The highest BCUT2D eigenvalue weighted by molar-refractivity contribution is 7.46. The zero-order valence-electron chi connectivity index (χ0n) is 12.7. The highest BCUT2D eigenvalue weighted by Gasteiger charge is 2.46. The van der Waals surface area contributed by atoms with E-state index in [1.54, 1.807) is 6.20 Å². The molecule has 5 N–H and O–H groups in total. The smallest absolute Gasteiger partial charge is 0.387 e. The Labute approximate surface area is 136 Å². The lowest BCUT2D eigenvalue weighted by Gasteiger charge is -2.29. The van der Waals surface area contributed by atoms with Gasteiger partial charge in [0, 0.05) is 17.1 Å². The van der Waals surface area contributed by atoms with Crippen molar-refractivity contribution >= 4 is 14.0 Å². The molecule has 0 saturated carbocycles. The van der Waals surface area contributed by atoms with Crippen molar-refractivity contribution in [1.82, 2.24) is 9.88 Å². The molecule has 11 heteroatoms. The fraction of sp³-hybridized carbons (Fsp3) is 0.462. The first-order valence-corrected chi connectivity index (χ1v) is 8.64. The second-order valence-electron chi connectivity index (χ2n) is 5.65. The molecule has 0 radical (unpaired) electrons. The number of nitrogens with zero attached hydrogens (tertiary/aromatic N) is 2. The number of hydrogen-bond acceptors (Lipinski definition) is 7. The van der Waals surface area contributed by atoms with E-state index in [4.69, 9.17) is 14.5 Å². The van der Waals surface area contributed by atoms with Gasteiger partial charge in [-0.05, 0) is 13.0 Å². The number of aryl methyl sites for hydroxylation is 1. The lowest BCUT2D eigenvalue weighted by Crippen LogP contribution is -2.44. The summed E-state index contributed by atoms with van der Waals surface area (Å²) in [7, 11) is -4.70. The number of phosphoric acid groups is 1. The predicted molar refractivity (Wildman–Crippen MR) is 80.4 cm³/mol. The van der Waals surface area contributed by atoms with Gasteiger partial charge in [-0.2, -0.15) is 0 Å². The van der Waals surface area contributed by atoms with Gasteiger partial charge in [-0.15, -0.1) is 0 Å². The van der Waals surface area contributed by atoms with E-state index in [0.29, 0.717) is 5.49 Å². The third-order valence-corrected chi connectivity index (χ3v) is 4.28. The van der Waals surface area contributed by atoms with Gasteiger partial charge < -0.3 is 34.6 Å². The molecule has 3 rings (SSSR count). The number of aliphatic hydroxyl groups is 2. The van der Waals surface area contributed by atoms with Crippen molar-refractivity contribution in [2.24, 2.45) is 4.99 Å². The van der Waals surface area contributed by atoms with Crippen LogP contribution >= 0.6 is 7.82 Å². The van der Waals surface area contributed by atoms with Crippen LogP contribution in [0.3, 0.4) is 0 Å². The van der Waals surface area contributed by atoms with Crippen LogP contribution in [0.2, 0.25) is 0 Å². The van der Waals surface area contributed by atoms with Gasteiger partial charge in [-0.25, -0.2) is 9.56 Å². The van der Waals surface area contributed by atoms with Crippen molar-refractivity contribution in [1.29, 1.82) is 0 Å². The molecule has 0 bridgehead atoms. The van der Waals surface area contributed by atoms with Crippen LogP contribution in [0.15, 0.2) is 23.5 Å². The summed E-state index contributed by atoms with van der Waals surface area (Å²) in [6.45, 7) is 5.10. The van der Waals surface area contributed by atoms with E-state index in [1.807, 2.05) is 13.0 Å². The highest BCUT2D eigenvalue weighted by Crippen LogP contribution is 2.37. The molecular formula is C13H18N3O7P. The average Bonchev–Trinajstić information content (AvgIpc) is 2.96. The van der Waals surface area contributed by atoms with Crippen LogP contribution in [0.4, 0.5) is 0 Å². The molecule has 2 aliphatic heterocycles. The Bertz CT molecular complexity index is 816. The molecule has 1 aromatic rings. The van der Waals surface area contributed by atoms with Crippen LogP contribution in [0.5, 0.6) is 0 Å². The summed E-state index contributed by atoms with van der Waals surface area (Å²) in [5.41, 5.74) is 1.53. The summed E-state index contributed by atoms with van der Waals surface area (Å²) in [5.74, 6) is 0.289. The Hall–Kier alpha value is -1.52. The van der Waals surface area contributed by atoms with Crippen molar-refractivity contribution < 1.29 is 33.8 Å². The maximum Gasteiger partial charge on any atom is 0.469 e. The van der Waals surface area contributed by atoms with Crippen molar-refractivity contribution in [3.05, 3.63) is 34.9 Å². The fourth-order valence-corrected chi connectivity index (χ4v) is 3.03. The first kappa shape index (κ1) is 17.3. The SMILES string of the molecule is C=C1N=c2[nH]c(C)cc2=CN1[C@@H]1OC(COP(=O)(O)O)[C@@H](O)[C@H]1O. The van der Waals surface area contributed by atoms with Crippen LogP contribution in [-0.4, -0.2) is 61.0 Å². The highest BCUT2D eigenvalue weighted by atomic mass is 31.2. The van der Waals surface area contributed by atoms with Gasteiger partial charge in [-0.1, -0.05) is 6.58 Å². The summed E-state index contributed by atoms with van der Waals surface area (Å²) in [6.07, 6.45) is -3.16. The standard InChI is InChI=1S/C13H18N3O7P/c1-6-3-8-4-16(7(2)15-12(8)14-6)13-11(18)10(17)9(23-13)5-22-24(19,20)21/h3-4,9-11,13,17-18H,2,5H2,1H3,(H,14,15)(H2,19,20,21)/t9?,10-,11-,13-/m1/s1. The van der Waals surface area contributed by atoms with E-state index in [2.05, 4.69) is 21.1 Å². The lowest BCUT2D eigenvalue weighted by molar-refractivity contribution is -0.0633. The van der Waals surface area contributed by atoms with Crippen molar-refractivity contribution in [3.63, 3.8) is 0 Å². The maximum absolute atomic E-state index is 10.8. The van der Waals surface area contributed by atoms with Crippen molar-refractivity contribution in [3.8, 4) is 0 Å². The van der Waals surface area contributed by atoms with Gasteiger partial charge >= 0.3 is 7.82 Å². The van der Waals surface area contributed by atoms with E-state index >= 15 is 0 Å². The minimum atomic E-state index is -4.70. The number of fused-ring (bicyclic) bond motifs is 1. The summed E-state index contributed by atoms with van der Waals surface area (Å²) in [5, 5.41) is 21.0. The molecule has 0 aliphatic carbocycles. The van der Waals surface area contributed by atoms with Crippen LogP contribution in [0.25, 0.3) is 6.20 Å². The average molecular weight is 359 g/mol. The molecule has 132 valence electrons. The molecule has 0 spiro atoms. The van der Waals surface area contributed by atoms with Gasteiger partial charge in [-0.3, -0.25) is 4.52 Å². The molecule has 0 amide bonds. The number of phosphoric ester groups is 1. The van der Waals surface area contributed by atoms with E-state index in [9.17, 15) is 14.8 Å². The number of hydrogen-bond donors (Lipinski definition) is 5. The van der Waals surface area contributed by atoms with Crippen LogP contribution in [0, 0.1) is 6.92 Å². The van der Waals surface area contributed by atoms with Gasteiger partial charge in [0.2, 0.25) is 0 Å². The van der Waals surface area contributed by atoms with Crippen LogP contribution in [0.1, 0.15) is 5.69 Å². The molecule has 1 unspecified atom stereocenters. The summed E-state index contributed by atoms with van der Waals surface area (Å²) < 4.78 is 20.6. The Kier molecular flexibility index (Phi) is 4.39. The minimum absolute atomic E-state index is 0.289. The number of aromatic nitrogens is 1. The van der Waals surface area contributed by atoms with Crippen molar-refractivity contribution in [2.75, 3.05) is 6.61 Å². The largest absolute Gasteiger partial charge is 0.469 e. The second kappa shape index (κ2) is 6.08. The Balaban J connectivity index is 1.81. The summed E-state index contributed by atoms with van der Waals surface area (Å²) in [4.78, 5) is 26.3. The normalized spacial score (nSPS) is 30.0. The minimum Gasteiger partial charge on any atom is -0.387 e. The fourth-order valence-electron chi connectivity index (χ4n) is 2.69. The number of H-pyrrole nitrogens is 1. The molecule has 4 atom stereocenters. The number of rotatable bonds is 4. The zero-order chi connectivity index (χ0) is 17.6.